The first-order valence-electron chi connectivity index (χ1n) is 11.2. The van der Waals surface area contributed by atoms with Gasteiger partial charge in [0.25, 0.3) is 0 Å². The van der Waals surface area contributed by atoms with Gasteiger partial charge in [0.15, 0.2) is 11.6 Å². The number of hydrogen-bond donors (Lipinski definition) is 0. The molecule has 0 radical (unpaired) electrons. The van der Waals surface area contributed by atoms with Crippen molar-refractivity contribution >= 4 is 22.4 Å². The molecule has 6 heteroatoms. The Balaban J connectivity index is 1.68. The minimum atomic E-state index is -0.821. The minimum absolute atomic E-state index is 0.271. The largest absolute Gasteiger partial charge is 0.427 e. The first-order valence-corrected chi connectivity index (χ1v) is 11.6. The third-order valence-electron chi connectivity index (χ3n) is 5.63. The van der Waals surface area contributed by atoms with Crippen LogP contribution in [0, 0.1) is 11.6 Å². The van der Waals surface area contributed by atoms with Gasteiger partial charge < -0.3 is 9.15 Å². The molecule has 0 amide bonds. The van der Waals surface area contributed by atoms with Crippen molar-refractivity contribution in [3.8, 4) is 0 Å². The lowest BCUT2D eigenvalue weighted by molar-refractivity contribution is 0.129. The fourth-order valence-electron chi connectivity index (χ4n) is 3.70. The van der Waals surface area contributed by atoms with Crippen molar-refractivity contribution in [3.63, 3.8) is 0 Å². The Labute approximate surface area is 192 Å². The van der Waals surface area contributed by atoms with Crippen LogP contribution in [0.1, 0.15) is 55.6 Å². The molecule has 0 saturated carbocycles. The second-order valence-electron chi connectivity index (χ2n) is 7.94. The van der Waals surface area contributed by atoms with Gasteiger partial charge >= 0.3 is 5.63 Å². The number of fused-ring (bicyclic) bond motifs is 1. The van der Waals surface area contributed by atoms with Gasteiger partial charge in [0, 0.05) is 19.6 Å². The number of unbranched alkanes of at least 4 members (excludes halogenated alkanes) is 1. The van der Waals surface area contributed by atoms with E-state index in [1.165, 1.54) is 0 Å². The molecule has 0 aliphatic carbocycles. The summed E-state index contributed by atoms with van der Waals surface area (Å²) < 4.78 is 39.9. The Hall–Kier alpha value is -2.24. The Bertz CT molecular complexity index is 1120. The maximum Gasteiger partial charge on any atom is 0.345 e. The lowest BCUT2D eigenvalue weighted by Crippen LogP contribution is -2.06. The van der Waals surface area contributed by atoms with E-state index in [2.05, 4.69) is 6.92 Å². The highest BCUT2D eigenvalue weighted by Gasteiger charge is 2.16. The van der Waals surface area contributed by atoms with Crippen LogP contribution >= 0.6 is 11.6 Å². The van der Waals surface area contributed by atoms with Gasteiger partial charge in [-0.1, -0.05) is 56.1 Å². The molecule has 3 aromatic rings. The lowest BCUT2D eigenvalue weighted by atomic mass is 9.99. The summed E-state index contributed by atoms with van der Waals surface area (Å²) in [5, 5.41) is 1.34. The number of aryl methyl sites for hydroxylation is 4. The average molecular weight is 463 g/mol. The molecule has 0 saturated heterocycles. The standard InChI is InChI=1S/C26H29ClF2O3/c1-3-5-14-31-15-6-7-18-11-12-19(25(29)24(18)28)10-8-17-9-13-20-16-21(4-2)32-26(30)22(20)23(17)27/h9,11-13,16H,3-8,10,14-15H2,1-2H3. The molecule has 0 spiro atoms. The molecule has 0 fully saturated rings. The number of ether oxygens (including phenoxy) is 1. The van der Waals surface area contributed by atoms with E-state index in [4.69, 9.17) is 20.8 Å². The predicted molar refractivity (Wildman–Crippen MR) is 125 cm³/mol. The van der Waals surface area contributed by atoms with Gasteiger partial charge in [-0.05, 0) is 60.2 Å². The van der Waals surface area contributed by atoms with E-state index in [1.54, 1.807) is 18.2 Å². The maximum atomic E-state index is 14.6. The third-order valence-corrected chi connectivity index (χ3v) is 6.06. The van der Waals surface area contributed by atoms with Crippen LogP contribution in [0.2, 0.25) is 5.02 Å². The molecule has 172 valence electrons. The Kier molecular flexibility index (Phi) is 8.83. The van der Waals surface area contributed by atoms with Gasteiger partial charge in [-0.15, -0.1) is 0 Å². The molecule has 32 heavy (non-hydrogen) atoms. The van der Waals surface area contributed by atoms with Gasteiger partial charge in [0.1, 0.15) is 5.76 Å². The van der Waals surface area contributed by atoms with Crippen LogP contribution in [-0.2, 0) is 30.4 Å². The molecule has 1 heterocycles. The molecule has 0 N–H and O–H groups in total. The summed E-state index contributed by atoms with van der Waals surface area (Å²) in [5.41, 5.74) is 0.865. The van der Waals surface area contributed by atoms with Crippen LogP contribution in [0.3, 0.4) is 0 Å². The molecular formula is C26H29ClF2O3. The summed E-state index contributed by atoms with van der Waals surface area (Å²) in [6, 6.07) is 8.71. The van der Waals surface area contributed by atoms with Gasteiger partial charge in [-0.3, -0.25) is 0 Å². The van der Waals surface area contributed by atoms with Crippen LogP contribution in [0.15, 0.2) is 39.5 Å². The quantitative estimate of drug-likeness (QED) is 0.293. The van der Waals surface area contributed by atoms with Crippen LogP contribution in [0.25, 0.3) is 10.8 Å². The van der Waals surface area contributed by atoms with Gasteiger partial charge in [0.2, 0.25) is 0 Å². The van der Waals surface area contributed by atoms with E-state index in [9.17, 15) is 13.6 Å². The number of hydrogen-bond acceptors (Lipinski definition) is 3. The fourth-order valence-corrected chi connectivity index (χ4v) is 4.04. The van der Waals surface area contributed by atoms with Gasteiger partial charge in [-0.25, -0.2) is 13.6 Å². The van der Waals surface area contributed by atoms with E-state index in [1.807, 2.05) is 19.1 Å². The molecule has 3 nitrogen and oxygen atoms in total. The fraction of sp³-hybridized carbons (Fsp3) is 0.423. The summed E-state index contributed by atoms with van der Waals surface area (Å²) in [7, 11) is 0. The third kappa shape index (κ3) is 5.76. The monoisotopic (exact) mass is 462 g/mol. The maximum absolute atomic E-state index is 14.6. The van der Waals surface area contributed by atoms with E-state index >= 15 is 0 Å². The van der Waals surface area contributed by atoms with E-state index in [-0.39, 0.29) is 12.0 Å². The van der Waals surface area contributed by atoms with Crippen molar-refractivity contribution in [2.45, 2.75) is 58.8 Å². The zero-order valence-corrected chi connectivity index (χ0v) is 19.4. The molecule has 0 unspecified atom stereocenters. The van der Waals surface area contributed by atoms with Gasteiger partial charge in [-0.2, -0.15) is 0 Å². The van der Waals surface area contributed by atoms with Crippen LogP contribution < -0.4 is 5.63 Å². The summed E-state index contributed by atoms with van der Waals surface area (Å²) in [6.07, 6.45) is 4.41. The zero-order chi connectivity index (χ0) is 23.1. The first kappa shape index (κ1) is 24.4. The molecule has 0 bridgehead atoms. The Morgan fingerprint density at radius 3 is 2.22 bits per heavy atom. The van der Waals surface area contributed by atoms with Crippen molar-refractivity contribution in [1.82, 2.24) is 0 Å². The molecule has 1 aromatic heterocycles. The van der Waals surface area contributed by atoms with E-state index < -0.39 is 17.3 Å². The summed E-state index contributed by atoms with van der Waals surface area (Å²) in [5.74, 6) is -1.02. The number of rotatable bonds is 11. The van der Waals surface area contributed by atoms with Crippen molar-refractivity contribution < 1.29 is 17.9 Å². The van der Waals surface area contributed by atoms with Crippen molar-refractivity contribution in [2.75, 3.05) is 13.2 Å². The van der Waals surface area contributed by atoms with E-state index in [0.717, 1.165) is 12.8 Å². The van der Waals surface area contributed by atoms with Crippen molar-refractivity contribution in [2.24, 2.45) is 0 Å². The number of benzene rings is 2. The lowest BCUT2D eigenvalue weighted by Gasteiger charge is -2.11. The van der Waals surface area contributed by atoms with Crippen molar-refractivity contribution in [1.29, 1.82) is 0 Å². The topological polar surface area (TPSA) is 39.4 Å². The van der Waals surface area contributed by atoms with Crippen LogP contribution in [0.4, 0.5) is 8.78 Å². The minimum Gasteiger partial charge on any atom is -0.427 e. The predicted octanol–water partition coefficient (Wildman–Crippen LogP) is 6.82. The smallest absolute Gasteiger partial charge is 0.345 e. The highest BCUT2D eigenvalue weighted by Crippen LogP contribution is 2.28. The second kappa shape index (κ2) is 11.6. The molecule has 3 rings (SSSR count). The zero-order valence-electron chi connectivity index (χ0n) is 18.6. The summed E-state index contributed by atoms with van der Waals surface area (Å²) in [6.45, 7) is 5.23. The first-order chi connectivity index (χ1) is 15.5. The highest BCUT2D eigenvalue weighted by atomic mass is 35.5. The summed E-state index contributed by atoms with van der Waals surface area (Å²) in [4.78, 5) is 12.3. The molecule has 0 atom stereocenters. The molecule has 0 aliphatic rings. The normalized spacial score (nSPS) is 11.4. The van der Waals surface area contributed by atoms with Crippen LogP contribution in [0.5, 0.6) is 0 Å². The van der Waals surface area contributed by atoms with Crippen LogP contribution in [-0.4, -0.2) is 13.2 Å². The molecule has 0 aliphatic heterocycles. The summed E-state index contributed by atoms with van der Waals surface area (Å²) >= 11 is 6.47. The number of halogens is 3. The van der Waals surface area contributed by atoms with Crippen molar-refractivity contribution in [3.05, 3.63) is 79.9 Å². The SMILES string of the molecule is CCCCOCCCc1ccc(CCc2ccc3cc(CC)oc(=O)c3c2Cl)c(F)c1F. The highest BCUT2D eigenvalue weighted by molar-refractivity contribution is 6.36. The molecular weight excluding hydrogens is 434 g/mol. The second-order valence-corrected chi connectivity index (χ2v) is 8.32. The molecule has 2 aromatic carbocycles. The average Bonchev–Trinajstić information content (AvgIpc) is 2.79. The Morgan fingerprint density at radius 2 is 1.53 bits per heavy atom. The van der Waals surface area contributed by atoms with Gasteiger partial charge in [0.05, 0.1) is 10.4 Å². The Morgan fingerprint density at radius 1 is 0.906 bits per heavy atom. The van der Waals surface area contributed by atoms with E-state index in [0.29, 0.717) is 71.6 Å².